The van der Waals surface area contributed by atoms with E-state index in [-0.39, 0.29) is 0 Å². The molecule has 64 valence electrons. The van der Waals surface area contributed by atoms with Crippen molar-refractivity contribution in [3.63, 3.8) is 0 Å². The van der Waals surface area contributed by atoms with Crippen LogP contribution in [0, 0.1) is 0 Å². The Balaban J connectivity index is 1.67. The van der Waals surface area contributed by atoms with Crippen LogP contribution in [0.5, 0.6) is 0 Å². The fourth-order valence-electron chi connectivity index (χ4n) is 1.78. The average molecular weight is 155 g/mol. The first-order chi connectivity index (χ1) is 5.45. The molecule has 2 rings (SSSR count). The third-order valence-electron chi connectivity index (χ3n) is 2.74. The molecule has 2 nitrogen and oxygen atoms in total. The highest BCUT2D eigenvalue weighted by atomic mass is 16.5. The lowest BCUT2D eigenvalue weighted by Gasteiger charge is -2.33. The van der Waals surface area contributed by atoms with E-state index in [1.165, 1.54) is 32.1 Å². The van der Waals surface area contributed by atoms with Gasteiger partial charge in [-0.05, 0) is 25.7 Å². The highest BCUT2D eigenvalue weighted by Gasteiger charge is 2.22. The molecule has 1 saturated carbocycles. The Morgan fingerprint density at radius 3 is 2.36 bits per heavy atom. The second-order valence-corrected chi connectivity index (χ2v) is 3.71. The SMILES string of the molecule is C1CC(NC2CCCOC2)C1. The maximum atomic E-state index is 5.39. The number of ether oxygens (including phenoxy) is 1. The molecule has 0 aromatic rings. The van der Waals surface area contributed by atoms with Crippen molar-refractivity contribution in [3.05, 3.63) is 0 Å². The Labute approximate surface area is 68.3 Å². The minimum Gasteiger partial charge on any atom is -0.380 e. The third-order valence-corrected chi connectivity index (χ3v) is 2.74. The van der Waals surface area contributed by atoms with Gasteiger partial charge in [0.2, 0.25) is 0 Å². The molecule has 1 heterocycles. The number of nitrogens with one attached hydrogen (secondary N) is 1. The van der Waals surface area contributed by atoms with Crippen LogP contribution in [-0.4, -0.2) is 25.3 Å². The minimum atomic E-state index is 0.661. The predicted octanol–water partition coefficient (Wildman–Crippen LogP) is 1.31. The Bertz CT molecular complexity index is 117. The summed E-state index contributed by atoms with van der Waals surface area (Å²) in [6.45, 7) is 1.92. The van der Waals surface area contributed by atoms with Crippen LogP contribution in [0.1, 0.15) is 32.1 Å². The van der Waals surface area contributed by atoms with Gasteiger partial charge in [-0.2, -0.15) is 0 Å². The van der Waals surface area contributed by atoms with Crippen LogP contribution in [-0.2, 0) is 4.74 Å². The van der Waals surface area contributed by atoms with E-state index in [4.69, 9.17) is 4.74 Å². The van der Waals surface area contributed by atoms with Gasteiger partial charge in [-0.15, -0.1) is 0 Å². The zero-order valence-electron chi connectivity index (χ0n) is 7.01. The smallest absolute Gasteiger partial charge is 0.0619 e. The minimum absolute atomic E-state index is 0.661. The molecule has 2 aliphatic rings. The van der Waals surface area contributed by atoms with E-state index in [0.717, 1.165) is 19.3 Å². The lowest BCUT2D eigenvalue weighted by molar-refractivity contribution is 0.0618. The standard InChI is InChI=1S/C9H17NO/c1-3-8(4-1)10-9-5-2-6-11-7-9/h8-10H,1-7H2. The van der Waals surface area contributed by atoms with Crippen molar-refractivity contribution in [3.8, 4) is 0 Å². The van der Waals surface area contributed by atoms with Crippen LogP contribution >= 0.6 is 0 Å². The summed E-state index contributed by atoms with van der Waals surface area (Å²) < 4.78 is 5.39. The summed E-state index contributed by atoms with van der Waals surface area (Å²) in [4.78, 5) is 0. The van der Waals surface area contributed by atoms with Gasteiger partial charge in [0.1, 0.15) is 0 Å². The molecule has 0 amide bonds. The molecule has 11 heavy (non-hydrogen) atoms. The first kappa shape index (κ1) is 7.56. The van der Waals surface area contributed by atoms with Gasteiger partial charge in [-0.25, -0.2) is 0 Å². The predicted molar refractivity (Wildman–Crippen MR) is 44.6 cm³/mol. The summed E-state index contributed by atoms with van der Waals surface area (Å²) >= 11 is 0. The highest BCUT2D eigenvalue weighted by Crippen LogP contribution is 2.20. The second-order valence-electron chi connectivity index (χ2n) is 3.71. The molecule has 1 atom stereocenters. The zero-order valence-corrected chi connectivity index (χ0v) is 7.01. The number of hydrogen-bond acceptors (Lipinski definition) is 2. The molecule has 0 aromatic heterocycles. The van der Waals surface area contributed by atoms with E-state index >= 15 is 0 Å². The molecule has 0 spiro atoms. The summed E-state index contributed by atoms with van der Waals surface area (Å²) in [6.07, 6.45) is 6.75. The van der Waals surface area contributed by atoms with Crippen molar-refractivity contribution in [1.29, 1.82) is 0 Å². The van der Waals surface area contributed by atoms with Gasteiger partial charge in [0.15, 0.2) is 0 Å². The zero-order chi connectivity index (χ0) is 7.52. The molecule has 1 saturated heterocycles. The molecular weight excluding hydrogens is 138 g/mol. The Kier molecular flexibility index (Phi) is 2.44. The highest BCUT2D eigenvalue weighted by molar-refractivity contribution is 4.81. The molecule has 0 bridgehead atoms. The van der Waals surface area contributed by atoms with E-state index in [2.05, 4.69) is 5.32 Å². The van der Waals surface area contributed by atoms with Gasteiger partial charge >= 0.3 is 0 Å². The second kappa shape index (κ2) is 3.55. The normalized spacial score (nSPS) is 33.3. The Morgan fingerprint density at radius 1 is 1.00 bits per heavy atom. The van der Waals surface area contributed by atoms with Crippen molar-refractivity contribution in [2.24, 2.45) is 0 Å². The van der Waals surface area contributed by atoms with Crippen LogP contribution < -0.4 is 5.32 Å². The Hall–Kier alpha value is -0.0800. The number of hydrogen-bond donors (Lipinski definition) is 1. The van der Waals surface area contributed by atoms with Crippen molar-refractivity contribution in [2.75, 3.05) is 13.2 Å². The summed E-state index contributed by atoms with van der Waals surface area (Å²) in [6, 6.07) is 1.48. The maximum absolute atomic E-state index is 5.39. The van der Waals surface area contributed by atoms with Crippen molar-refractivity contribution >= 4 is 0 Å². The van der Waals surface area contributed by atoms with Gasteiger partial charge < -0.3 is 10.1 Å². The molecule has 1 N–H and O–H groups in total. The first-order valence-electron chi connectivity index (χ1n) is 4.79. The number of rotatable bonds is 2. The molecule has 0 aromatic carbocycles. The van der Waals surface area contributed by atoms with Gasteiger partial charge in [-0.3, -0.25) is 0 Å². The van der Waals surface area contributed by atoms with Crippen LogP contribution in [0.25, 0.3) is 0 Å². The van der Waals surface area contributed by atoms with E-state index in [1.807, 2.05) is 0 Å². The maximum Gasteiger partial charge on any atom is 0.0619 e. The molecule has 1 aliphatic carbocycles. The fourth-order valence-corrected chi connectivity index (χ4v) is 1.78. The third kappa shape index (κ3) is 1.94. The largest absolute Gasteiger partial charge is 0.380 e. The van der Waals surface area contributed by atoms with Crippen molar-refractivity contribution < 1.29 is 4.74 Å². The summed E-state index contributed by atoms with van der Waals surface area (Å²) in [5, 5.41) is 3.63. The lowest BCUT2D eigenvalue weighted by atomic mass is 9.92. The van der Waals surface area contributed by atoms with E-state index in [9.17, 15) is 0 Å². The van der Waals surface area contributed by atoms with E-state index in [1.54, 1.807) is 0 Å². The first-order valence-corrected chi connectivity index (χ1v) is 4.79. The topological polar surface area (TPSA) is 21.3 Å². The molecular formula is C9H17NO. The molecule has 2 heteroatoms. The average Bonchev–Trinajstić information content (AvgIpc) is 1.99. The van der Waals surface area contributed by atoms with Crippen LogP contribution in [0.15, 0.2) is 0 Å². The van der Waals surface area contributed by atoms with E-state index in [0.29, 0.717) is 6.04 Å². The lowest BCUT2D eigenvalue weighted by Crippen LogP contribution is -2.46. The molecule has 0 radical (unpaired) electrons. The summed E-state index contributed by atoms with van der Waals surface area (Å²) in [5.74, 6) is 0. The summed E-state index contributed by atoms with van der Waals surface area (Å²) in [7, 11) is 0. The van der Waals surface area contributed by atoms with Crippen LogP contribution in [0.4, 0.5) is 0 Å². The van der Waals surface area contributed by atoms with Gasteiger partial charge in [0.25, 0.3) is 0 Å². The fraction of sp³-hybridized carbons (Fsp3) is 1.00. The quantitative estimate of drug-likeness (QED) is 0.649. The summed E-state index contributed by atoms with van der Waals surface area (Å²) in [5.41, 5.74) is 0. The van der Waals surface area contributed by atoms with Crippen LogP contribution in [0.3, 0.4) is 0 Å². The van der Waals surface area contributed by atoms with Crippen molar-refractivity contribution in [1.82, 2.24) is 5.32 Å². The van der Waals surface area contributed by atoms with Crippen molar-refractivity contribution in [2.45, 2.75) is 44.2 Å². The molecule has 1 aliphatic heterocycles. The monoisotopic (exact) mass is 155 g/mol. The Morgan fingerprint density at radius 2 is 1.82 bits per heavy atom. The van der Waals surface area contributed by atoms with Gasteiger partial charge in [0.05, 0.1) is 6.61 Å². The molecule has 1 unspecified atom stereocenters. The van der Waals surface area contributed by atoms with Gasteiger partial charge in [-0.1, -0.05) is 6.42 Å². The van der Waals surface area contributed by atoms with Gasteiger partial charge in [0, 0.05) is 18.7 Å². The van der Waals surface area contributed by atoms with Crippen LogP contribution in [0.2, 0.25) is 0 Å². The molecule has 2 fully saturated rings. The van der Waals surface area contributed by atoms with E-state index < -0.39 is 0 Å².